The van der Waals surface area contributed by atoms with Crippen LogP contribution in [-0.4, -0.2) is 39.2 Å². The fraction of sp³-hybridized carbons (Fsp3) is 0.519. The first kappa shape index (κ1) is 24.4. The van der Waals surface area contributed by atoms with Crippen LogP contribution in [0.5, 0.6) is 0 Å². The van der Waals surface area contributed by atoms with Crippen molar-refractivity contribution in [3.8, 4) is 0 Å². The van der Waals surface area contributed by atoms with Gasteiger partial charge in [-0.2, -0.15) is 0 Å². The van der Waals surface area contributed by atoms with Gasteiger partial charge in [0.25, 0.3) is 5.91 Å². The zero-order valence-corrected chi connectivity index (χ0v) is 19.8. The highest BCUT2D eigenvalue weighted by Crippen LogP contribution is 2.41. The van der Waals surface area contributed by atoms with Gasteiger partial charge in [0.2, 0.25) is 5.91 Å². The highest BCUT2D eigenvalue weighted by Gasteiger charge is 2.38. The molecule has 0 saturated heterocycles. The number of hydrogen-bond donors (Lipinski definition) is 4. The van der Waals surface area contributed by atoms with Gasteiger partial charge in [-0.25, -0.2) is 0 Å². The fourth-order valence-corrected chi connectivity index (χ4v) is 5.43. The van der Waals surface area contributed by atoms with Crippen molar-refractivity contribution in [2.75, 3.05) is 0 Å². The number of nitrogens with two attached hydrogens (primary N) is 1. The summed E-state index contributed by atoms with van der Waals surface area (Å²) in [6.07, 6.45) is 7.73. The van der Waals surface area contributed by atoms with E-state index in [4.69, 9.17) is 5.73 Å². The Hall–Kier alpha value is -2.77. The summed E-state index contributed by atoms with van der Waals surface area (Å²) >= 11 is 0. The monoisotopic (exact) mass is 465 g/mol. The number of hydrogen-bond acceptors (Lipinski definition) is 5. The third-order valence-corrected chi connectivity index (χ3v) is 7.50. The summed E-state index contributed by atoms with van der Waals surface area (Å²) in [4.78, 5) is 28.1. The lowest BCUT2D eigenvalue weighted by atomic mass is 9.73. The Morgan fingerprint density at radius 2 is 1.74 bits per heavy atom. The number of rotatable bonds is 6. The highest BCUT2D eigenvalue weighted by molar-refractivity contribution is 5.90. The summed E-state index contributed by atoms with van der Waals surface area (Å²) in [5.41, 5.74) is 8.63. The van der Waals surface area contributed by atoms with Crippen LogP contribution < -0.4 is 11.1 Å². The quantitative estimate of drug-likeness (QED) is 0.522. The number of pyridine rings is 1. The van der Waals surface area contributed by atoms with E-state index in [0.717, 1.165) is 47.9 Å². The Balaban J connectivity index is 1.35. The maximum Gasteiger partial charge on any atom is 0.267 e. The second kappa shape index (κ2) is 10.2. The summed E-state index contributed by atoms with van der Waals surface area (Å²) < 4.78 is 0. The fourth-order valence-electron chi connectivity index (χ4n) is 5.43. The minimum absolute atomic E-state index is 0.0671. The van der Waals surface area contributed by atoms with Crippen LogP contribution in [0.2, 0.25) is 0 Å². The molecule has 2 aromatic rings. The predicted molar refractivity (Wildman–Crippen MR) is 129 cm³/mol. The van der Waals surface area contributed by atoms with Gasteiger partial charge in [0, 0.05) is 18.2 Å². The van der Waals surface area contributed by atoms with Crippen molar-refractivity contribution in [2.45, 2.75) is 82.5 Å². The molecule has 0 radical (unpaired) electrons. The first-order chi connectivity index (χ1) is 16.2. The van der Waals surface area contributed by atoms with Gasteiger partial charge < -0.3 is 21.3 Å². The molecule has 1 aromatic heterocycles. The molecule has 0 unspecified atom stereocenters. The van der Waals surface area contributed by atoms with Crippen molar-refractivity contribution in [2.24, 2.45) is 11.7 Å². The van der Waals surface area contributed by atoms with E-state index in [2.05, 4.69) is 16.4 Å². The van der Waals surface area contributed by atoms with Gasteiger partial charge >= 0.3 is 0 Å². The number of benzene rings is 1. The van der Waals surface area contributed by atoms with E-state index < -0.39 is 11.5 Å². The Morgan fingerprint density at radius 1 is 1.06 bits per heavy atom. The average molecular weight is 466 g/mol. The lowest BCUT2D eigenvalue weighted by Gasteiger charge is -2.37. The van der Waals surface area contributed by atoms with Crippen LogP contribution in [0.15, 0.2) is 36.5 Å². The minimum atomic E-state index is -0.918. The van der Waals surface area contributed by atoms with Crippen molar-refractivity contribution >= 4 is 11.8 Å². The van der Waals surface area contributed by atoms with Gasteiger partial charge in [-0.1, -0.05) is 24.3 Å². The van der Waals surface area contributed by atoms with E-state index in [0.29, 0.717) is 32.1 Å². The number of primary amides is 1. The van der Waals surface area contributed by atoms with Gasteiger partial charge in [-0.3, -0.25) is 14.6 Å². The second-order valence-corrected chi connectivity index (χ2v) is 10.1. The van der Waals surface area contributed by atoms with E-state index in [1.54, 1.807) is 12.3 Å². The number of nitrogens with one attached hydrogen (secondary N) is 1. The van der Waals surface area contributed by atoms with Crippen LogP contribution in [0.25, 0.3) is 0 Å². The zero-order chi connectivity index (χ0) is 24.3. The first-order valence-electron chi connectivity index (χ1n) is 12.3. The summed E-state index contributed by atoms with van der Waals surface area (Å²) in [6.45, 7) is 2.02. The molecular weight excluding hydrogens is 430 g/mol. The molecule has 0 bridgehead atoms. The van der Waals surface area contributed by atoms with Crippen molar-refractivity contribution in [3.63, 3.8) is 0 Å². The molecule has 4 rings (SSSR count). The SMILES string of the molecule is Cc1cc(Cc2ccc(C(N)=O)nc2)ccc1C1(O)CCC(C(=O)NC2CCC(O)CC2)CC1. The number of aliphatic hydroxyl groups is 2. The topological polar surface area (TPSA) is 126 Å². The molecule has 0 spiro atoms. The highest BCUT2D eigenvalue weighted by atomic mass is 16.3. The van der Waals surface area contributed by atoms with E-state index in [1.165, 1.54) is 0 Å². The van der Waals surface area contributed by atoms with Crippen molar-refractivity contribution in [3.05, 3.63) is 64.5 Å². The zero-order valence-electron chi connectivity index (χ0n) is 19.8. The molecule has 0 aliphatic heterocycles. The standard InChI is InChI=1S/C27H35N3O4/c1-17-14-18(15-19-3-9-24(25(28)32)29-16-19)2-8-23(17)27(34)12-10-20(11-13-27)26(33)30-21-4-6-22(31)7-5-21/h2-3,8-9,14,16,20-22,31,34H,4-7,10-13,15H2,1H3,(H2,28,32)(H,30,33). The normalized spacial score (nSPS) is 27.2. The molecule has 2 fully saturated rings. The van der Waals surface area contributed by atoms with E-state index in [1.807, 2.05) is 25.1 Å². The molecule has 0 atom stereocenters. The first-order valence-corrected chi connectivity index (χ1v) is 12.3. The van der Waals surface area contributed by atoms with Crippen LogP contribution in [-0.2, 0) is 16.8 Å². The summed E-state index contributed by atoms with van der Waals surface area (Å²) in [5, 5.41) is 24.2. The van der Waals surface area contributed by atoms with Gasteiger partial charge in [0.15, 0.2) is 0 Å². The Labute approximate surface area is 200 Å². The largest absolute Gasteiger partial charge is 0.393 e. The lowest BCUT2D eigenvalue weighted by Crippen LogP contribution is -2.44. The van der Waals surface area contributed by atoms with E-state index >= 15 is 0 Å². The Kier molecular flexibility index (Phi) is 7.33. The van der Waals surface area contributed by atoms with Gasteiger partial charge in [-0.05, 0) is 93.0 Å². The van der Waals surface area contributed by atoms with Crippen LogP contribution in [0.4, 0.5) is 0 Å². The van der Waals surface area contributed by atoms with Crippen LogP contribution in [0.3, 0.4) is 0 Å². The number of aromatic nitrogens is 1. The molecule has 2 saturated carbocycles. The molecule has 7 heteroatoms. The van der Waals surface area contributed by atoms with Crippen molar-refractivity contribution in [1.29, 1.82) is 0 Å². The molecule has 2 amide bonds. The molecule has 182 valence electrons. The van der Waals surface area contributed by atoms with Crippen LogP contribution in [0.1, 0.15) is 84.1 Å². The van der Waals surface area contributed by atoms with E-state index in [-0.39, 0.29) is 29.7 Å². The van der Waals surface area contributed by atoms with Crippen molar-refractivity contribution < 1.29 is 19.8 Å². The molecule has 5 N–H and O–H groups in total. The van der Waals surface area contributed by atoms with Gasteiger partial charge in [0.1, 0.15) is 5.69 Å². The number of aliphatic hydroxyl groups excluding tert-OH is 1. The van der Waals surface area contributed by atoms with Gasteiger partial charge in [-0.15, -0.1) is 0 Å². The summed E-state index contributed by atoms with van der Waals surface area (Å²) in [7, 11) is 0. The molecular formula is C27H35N3O4. The Bertz CT molecular complexity index is 1020. The van der Waals surface area contributed by atoms with Crippen LogP contribution in [0, 0.1) is 12.8 Å². The third kappa shape index (κ3) is 5.65. The maximum atomic E-state index is 12.8. The predicted octanol–water partition coefficient (Wildman–Crippen LogP) is 2.88. The second-order valence-electron chi connectivity index (χ2n) is 10.1. The van der Waals surface area contributed by atoms with E-state index in [9.17, 15) is 19.8 Å². The molecule has 34 heavy (non-hydrogen) atoms. The number of aryl methyl sites for hydroxylation is 1. The Morgan fingerprint density at radius 3 is 2.32 bits per heavy atom. The van der Waals surface area contributed by atoms with Crippen molar-refractivity contribution in [1.82, 2.24) is 10.3 Å². The smallest absolute Gasteiger partial charge is 0.267 e. The molecule has 1 aromatic carbocycles. The number of carbonyl (C=O) groups excluding carboxylic acids is 2. The van der Waals surface area contributed by atoms with Gasteiger partial charge in [0.05, 0.1) is 11.7 Å². The number of amides is 2. The molecule has 2 aliphatic rings. The molecule has 1 heterocycles. The maximum absolute atomic E-state index is 12.8. The average Bonchev–Trinajstić information content (AvgIpc) is 2.81. The molecule has 7 nitrogen and oxygen atoms in total. The third-order valence-electron chi connectivity index (χ3n) is 7.50. The summed E-state index contributed by atoms with van der Waals surface area (Å²) in [6, 6.07) is 9.77. The molecule has 2 aliphatic carbocycles. The summed E-state index contributed by atoms with van der Waals surface area (Å²) in [5.74, 6) is -0.518. The minimum Gasteiger partial charge on any atom is -0.393 e. The number of carbonyl (C=O) groups is 2. The van der Waals surface area contributed by atoms with Crippen LogP contribution >= 0.6 is 0 Å². The lowest BCUT2D eigenvalue weighted by molar-refractivity contribution is -0.129. The number of nitrogens with zero attached hydrogens (tertiary/aromatic N) is 1.